The molecule has 4 rings (SSSR count). The zero-order valence-electron chi connectivity index (χ0n) is 21.0. The third-order valence-electron chi connectivity index (χ3n) is 6.85. The molecule has 3 aromatic rings. The summed E-state index contributed by atoms with van der Waals surface area (Å²) in [6, 6.07) is 15.9. The van der Waals surface area contributed by atoms with Gasteiger partial charge in [-0.05, 0) is 48.7 Å². The number of nitrogens with zero attached hydrogens (tertiary/aromatic N) is 1. The molecule has 0 bridgehead atoms. The highest BCUT2D eigenvalue weighted by atomic mass is 16.2. The largest absolute Gasteiger partial charge is 0.361 e. The number of para-hydroxylation sites is 1. The molecule has 1 unspecified atom stereocenters. The molecule has 3 N–H and O–H groups in total. The third kappa shape index (κ3) is 6.95. The van der Waals surface area contributed by atoms with E-state index in [0.29, 0.717) is 13.0 Å². The van der Waals surface area contributed by atoms with Crippen LogP contribution in [-0.4, -0.2) is 40.8 Å². The molecule has 2 aromatic carbocycles. The first-order valence-electron chi connectivity index (χ1n) is 12.9. The van der Waals surface area contributed by atoms with E-state index in [4.69, 9.17) is 0 Å². The van der Waals surface area contributed by atoms with Gasteiger partial charge in [-0.1, -0.05) is 69.2 Å². The van der Waals surface area contributed by atoms with Gasteiger partial charge in [-0.15, -0.1) is 0 Å². The number of rotatable bonds is 9. The van der Waals surface area contributed by atoms with E-state index in [9.17, 15) is 9.59 Å². The lowest BCUT2D eigenvalue weighted by Gasteiger charge is -2.20. The average molecular weight is 475 g/mol. The monoisotopic (exact) mass is 474 g/mol. The van der Waals surface area contributed by atoms with E-state index in [1.54, 1.807) is 0 Å². The smallest absolute Gasteiger partial charge is 0.243 e. The van der Waals surface area contributed by atoms with Crippen LogP contribution in [0.25, 0.3) is 10.9 Å². The van der Waals surface area contributed by atoms with Crippen LogP contribution >= 0.6 is 0 Å². The van der Waals surface area contributed by atoms with E-state index in [1.807, 2.05) is 44.3 Å². The Morgan fingerprint density at radius 1 is 0.914 bits per heavy atom. The van der Waals surface area contributed by atoms with Crippen molar-refractivity contribution in [1.82, 2.24) is 20.5 Å². The van der Waals surface area contributed by atoms with Crippen molar-refractivity contribution in [3.8, 4) is 0 Å². The van der Waals surface area contributed by atoms with Crippen LogP contribution in [0, 0.1) is 5.92 Å². The molecule has 1 atom stereocenters. The van der Waals surface area contributed by atoms with E-state index in [-0.39, 0.29) is 17.7 Å². The minimum absolute atomic E-state index is 0.122. The first-order valence-corrected chi connectivity index (χ1v) is 12.9. The number of aromatic amines is 1. The van der Waals surface area contributed by atoms with Crippen molar-refractivity contribution in [3.05, 3.63) is 71.4 Å². The third-order valence-corrected chi connectivity index (χ3v) is 6.85. The van der Waals surface area contributed by atoms with Gasteiger partial charge in [0, 0.05) is 42.5 Å². The van der Waals surface area contributed by atoms with Crippen molar-refractivity contribution in [2.45, 2.75) is 65.1 Å². The lowest BCUT2D eigenvalue weighted by atomic mass is 10.0. The van der Waals surface area contributed by atoms with Gasteiger partial charge in [-0.3, -0.25) is 14.5 Å². The zero-order chi connectivity index (χ0) is 24.6. The summed E-state index contributed by atoms with van der Waals surface area (Å²) in [5, 5.41) is 7.06. The SMILES string of the molecule is CC(C)C(=O)NC(Cc1c[nH]c2ccccc12)C(=O)NCc1ccc(CN2CCCCCC2)cc1. The Hall–Kier alpha value is -3.12. The van der Waals surface area contributed by atoms with E-state index < -0.39 is 6.04 Å². The molecule has 2 amide bonds. The Kier molecular flexibility index (Phi) is 8.59. The summed E-state index contributed by atoms with van der Waals surface area (Å²) in [7, 11) is 0. The van der Waals surface area contributed by atoms with Crippen LogP contribution in [0.15, 0.2) is 54.7 Å². The fourth-order valence-electron chi connectivity index (χ4n) is 4.70. The number of likely N-dealkylation sites (tertiary alicyclic amines) is 1. The predicted molar refractivity (Wildman–Crippen MR) is 141 cm³/mol. The predicted octanol–water partition coefficient (Wildman–Crippen LogP) is 4.54. The molecule has 0 spiro atoms. The van der Waals surface area contributed by atoms with Crippen molar-refractivity contribution in [3.63, 3.8) is 0 Å². The quantitative estimate of drug-likeness (QED) is 0.426. The van der Waals surface area contributed by atoms with Crippen LogP contribution in [0.3, 0.4) is 0 Å². The summed E-state index contributed by atoms with van der Waals surface area (Å²) in [6.07, 6.45) is 7.62. The Bertz CT molecular complexity index is 1110. The van der Waals surface area contributed by atoms with Gasteiger partial charge >= 0.3 is 0 Å². The van der Waals surface area contributed by atoms with Gasteiger partial charge in [-0.2, -0.15) is 0 Å². The number of carbonyl (C=O) groups excluding carboxylic acids is 2. The average Bonchev–Trinajstić information content (AvgIpc) is 3.09. The van der Waals surface area contributed by atoms with E-state index in [1.165, 1.54) is 44.3 Å². The van der Waals surface area contributed by atoms with Crippen molar-refractivity contribution in [2.75, 3.05) is 13.1 Å². The van der Waals surface area contributed by atoms with E-state index in [0.717, 1.165) is 28.6 Å². The Morgan fingerprint density at radius 3 is 2.31 bits per heavy atom. The summed E-state index contributed by atoms with van der Waals surface area (Å²) in [4.78, 5) is 31.4. The number of hydrogen-bond acceptors (Lipinski definition) is 3. The molecule has 6 nitrogen and oxygen atoms in total. The molecule has 35 heavy (non-hydrogen) atoms. The topological polar surface area (TPSA) is 77.2 Å². The van der Waals surface area contributed by atoms with Crippen molar-refractivity contribution in [1.29, 1.82) is 0 Å². The summed E-state index contributed by atoms with van der Waals surface area (Å²) >= 11 is 0. The number of H-pyrrole nitrogens is 1. The number of hydrogen-bond donors (Lipinski definition) is 3. The molecule has 186 valence electrons. The first-order chi connectivity index (χ1) is 17.0. The highest BCUT2D eigenvalue weighted by Crippen LogP contribution is 2.19. The molecule has 2 heterocycles. The number of benzene rings is 2. The Morgan fingerprint density at radius 2 is 1.60 bits per heavy atom. The summed E-state index contributed by atoms with van der Waals surface area (Å²) in [6.45, 7) is 7.45. The van der Waals surface area contributed by atoms with Crippen LogP contribution in [0.2, 0.25) is 0 Å². The van der Waals surface area contributed by atoms with Gasteiger partial charge < -0.3 is 15.6 Å². The summed E-state index contributed by atoms with van der Waals surface area (Å²) in [5.41, 5.74) is 4.40. The molecule has 1 aliphatic rings. The van der Waals surface area contributed by atoms with Crippen LogP contribution in [0.1, 0.15) is 56.2 Å². The number of fused-ring (bicyclic) bond motifs is 1. The standard InChI is InChI=1S/C29H38N4O2/c1-21(2)28(34)32-27(17-24-19-30-26-10-6-5-9-25(24)26)29(35)31-18-22-11-13-23(14-12-22)20-33-15-7-3-4-8-16-33/h5-6,9-14,19,21,27,30H,3-4,7-8,15-18,20H2,1-2H3,(H,31,35)(H,32,34). The number of aromatic nitrogens is 1. The van der Waals surface area contributed by atoms with Gasteiger partial charge in [0.2, 0.25) is 11.8 Å². The van der Waals surface area contributed by atoms with Crippen LogP contribution < -0.4 is 10.6 Å². The van der Waals surface area contributed by atoms with Crippen LogP contribution in [0.4, 0.5) is 0 Å². The molecular formula is C29H38N4O2. The van der Waals surface area contributed by atoms with Gasteiger partial charge in [0.15, 0.2) is 0 Å². The molecule has 1 aromatic heterocycles. The number of nitrogens with one attached hydrogen (secondary N) is 3. The molecule has 0 saturated carbocycles. The lowest BCUT2D eigenvalue weighted by molar-refractivity contribution is -0.130. The first kappa shape index (κ1) is 25.0. The summed E-state index contributed by atoms with van der Waals surface area (Å²) in [5.74, 6) is -0.481. The highest BCUT2D eigenvalue weighted by molar-refractivity contribution is 5.90. The van der Waals surface area contributed by atoms with Crippen molar-refractivity contribution in [2.24, 2.45) is 5.92 Å². The van der Waals surface area contributed by atoms with Crippen LogP contribution in [0.5, 0.6) is 0 Å². The van der Waals surface area contributed by atoms with Crippen molar-refractivity contribution >= 4 is 22.7 Å². The maximum absolute atomic E-state index is 13.2. The summed E-state index contributed by atoms with van der Waals surface area (Å²) < 4.78 is 0. The number of amides is 2. The lowest BCUT2D eigenvalue weighted by Crippen LogP contribution is -2.48. The van der Waals surface area contributed by atoms with Gasteiger partial charge in [0.05, 0.1) is 0 Å². The van der Waals surface area contributed by atoms with E-state index >= 15 is 0 Å². The molecule has 0 radical (unpaired) electrons. The second-order valence-electron chi connectivity index (χ2n) is 10.0. The van der Waals surface area contributed by atoms with Gasteiger partial charge in [0.25, 0.3) is 0 Å². The van der Waals surface area contributed by atoms with Crippen LogP contribution in [-0.2, 0) is 29.1 Å². The normalized spacial score (nSPS) is 15.6. The Balaban J connectivity index is 1.37. The van der Waals surface area contributed by atoms with Gasteiger partial charge in [0.1, 0.15) is 6.04 Å². The second-order valence-corrected chi connectivity index (χ2v) is 10.0. The maximum Gasteiger partial charge on any atom is 0.243 e. The molecule has 0 aliphatic carbocycles. The maximum atomic E-state index is 13.2. The fraction of sp³-hybridized carbons (Fsp3) is 0.448. The second kappa shape index (κ2) is 12.0. The van der Waals surface area contributed by atoms with Gasteiger partial charge in [-0.25, -0.2) is 0 Å². The fourth-order valence-corrected chi connectivity index (χ4v) is 4.70. The minimum atomic E-state index is -0.633. The molecule has 1 aliphatic heterocycles. The van der Waals surface area contributed by atoms with Crippen molar-refractivity contribution < 1.29 is 9.59 Å². The molecule has 1 saturated heterocycles. The number of carbonyl (C=O) groups is 2. The minimum Gasteiger partial charge on any atom is -0.361 e. The molecular weight excluding hydrogens is 436 g/mol. The molecule has 6 heteroatoms. The van der Waals surface area contributed by atoms with E-state index in [2.05, 4.69) is 44.8 Å². The Labute approximate surface area is 208 Å². The zero-order valence-corrected chi connectivity index (χ0v) is 21.0. The molecule has 1 fully saturated rings. The highest BCUT2D eigenvalue weighted by Gasteiger charge is 2.23.